The molecule has 0 aliphatic heterocycles. The van der Waals surface area contributed by atoms with Crippen LogP contribution in [0.15, 0.2) is 48.5 Å². The monoisotopic (exact) mass is 341 g/mol. The molecule has 0 aromatic heterocycles. The third-order valence-electron chi connectivity index (χ3n) is 4.32. The van der Waals surface area contributed by atoms with Crippen LogP contribution < -0.4 is 4.74 Å². The fraction of sp³-hybridized carbons (Fsp3) is 0.300. The highest BCUT2D eigenvalue weighted by Crippen LogP contribution is 2.20. The Morgan fingerprint density at radius 2 is 1.76 bits per heavy atom. The van der Waals surface area contributed by atoms with Crippen LogP contribution in [0.3, 0.4) is 0 Å². The molecule has 1 amide bonds. The minimum Gasteiger partial charge on any atom is -0.496 e. The van der Waals surface area contributed by atoms with E-state index in [0.717, 1.165) is 16.9 Å². The summed E-state index contributed by atoms with van der Waals surface area (Å²) in [6.45, 7) is 2.00. The van der Waals surface area contributed by atoms with Crippen LogP contribution in [0.5, 0.6) is 5.75 Å². The van der Waals surface area contributed by atoms with Gasteiger partial charge >= 0.3 is 5.97 Å². The number of nitrogens with zero attached hydrogens (tertiary/aromatic N) is 1. The van der Waals surface area contributed by atoms with Gasteiger partial charge in [-0.2, -0.15) is 0 Å². The summed E-state index contributed by atoms with van der Waals surface area (Å²) < 4.78 is 5.36. The number of rotatable bonds is 7. The molecule has 132 valence electrons. The van der Waals surface area contributed by atoms with Gasteiger partial charge < -0.3 is 14.7 Å². The normalized spacial score (nSPS) is 11.6. The van der Waals surface area contributed by atoms with Crippen molar-refractivity contribution in [1.29, 1.82) is 0 Å². The van der Waals surface area contributed by atoms with Gasteiger partial charge in [0.15, 0.2) is 0 Å². The molecule has 25 heavy (non-hydrogen) atoms. The lowest BCUT2D eigenvalue weighted by molar-refractivity contribution is -0.130. The first kappa shape index (κ1) is 18.5. The van der Waals surface area contributed by atoms with E-state index in [1.807, 2.05) is 31.2 Å². The van der Waals surface area contributed by atoms with Crippen molar-refractivity contribution in [1.82, 2.24) is 4.90 Å². The van der Waals surface area contributed by atoms with Crippen molar-refractivity contribution in [3.05, 3.63) is 65.2 Å². The summed E-state index contributed by atoms with van der Waals surface area (Å²) in [6, 6.07) is 14.2. The number of carboxylic acid groups (broad SMARTS) is 1. The van der Waals surface area contributed by atoms with Gasteiger partial charge in [0.25, 0.3) is 0 Å². The summed E-state index contributed by atoms with van der Waals surface area (Å²) in [4.78, 5) is 25.1. The van der Waals surface area contributed by atoms with Crippen LogP contribution in [-0.2, 0) is 17.6 Å². The number of hydrogen-bond acceptors (Lipinski definition) is 3. The van der Waals surface area contributed by atoms with Gasteiger partial charge in [-0.15, -0.1) is 0 Å². The van der Waals surface area contributed by atoms with Crippen LogP contribution in [0, 0.1) is 0 Å². The number of amides is 1. The summed E-state index contributed by atoms with van der Waals surface area (Å²) in [6.07, 6.45) is 0.941. The van der Waals surface area contributed by atoms with E-state index in [4.69, 9.17) is 9.84 Å². The minimum absolute atomic E-state index is 0.00882. The number of carbonyl (C=O) groups is 2. The zero-order valence-electron chi connectivity index (χ0n) is 14.7. The predicted octanol–water partition coefficient (Wildman–Crippen LogP) is 3.03. The Kier molecular flexibility index (Phi) is 6.17. The van der Waals surface area contributed by atoms with Gasteiger partial charge in [-0.1, -0.05) is 30.3 Å². The fourth-order valence-electron chi connectivity index (χ4n) is 2.64. The lowest BCUT2D eigenvalue weighted by atomic mass is 10.0. The van der Waals surface area contributed by atoms with Gasteiger partial charge in [0, 0.05) is 13.1 Å². The molecule has 1 unspecified atom stereocenters. The summed E-state index contributed by atoms with van der Waals surface area (Å²) in [7, 11) is 3.42. The Morgan fingerprint density at radius 1 is 1.12 bits per heavy atom. The number of benzene rings is 2. The number of aromatic carboxylic acids is 1. The molecule has 2 rings (SSSR count). The Bertz CT molecular complexity index is 740. The predicted molar refractivity (Wildman–Crippen MR) is 96.0 cm³/mol. The second kappa shape index (κ2) is 8.33. The maximum absolute atomic E-state index is 12.5. The molecule has 0 radical (unpaired) electrons. The van der Waals surface area contributed by atoms with Gasteiger partial charge in [0.1, 0.15) is 5.75 Å². The smallest absolute Gasteiger partial charge is 0.335 e. The van der Waals surface area contributed by atoms with E-state index >= 15 is 0 Å². The largest absolute Gasteiger partial charge is 0.496 e. The van der Waals surface area contributed by atoms with Crippen molar-refractivity contribution in [2.45, 2.75) is 25.8 Å². The molecule has 2 aromatic rings. The first-order valence-electron chi connectivity index (χ1n) is 8.12. The van der Waals surface area contributed by atoms with Crippen molar-refractivity contribution in [2.75, 3.05) is 14.2 Å². The molecule has 0 spiro atoms. The zero-order chi connectivity index (χ0) is 18.4. The van der Waals surface area contributed by atoms with Crippen LogP contribution in [0.1, 0.15) is 28.4 Å². The Labute approximate surface area is 147 Å². The summed E-state index contributed by atoms with van der Waals surface area (Å²) >= 11 is 0. The molecule has 1 N–H and O–H groups in total. The summed E-state index contributed by atoms with van der Waals surface area (Å²) in [5.74, 6) is -0.162. The third kappa shape index (κ3) is 4.83. The Hall–Kier alpha value is -2.82. The van der Waals surface area contributed by atoms with Crippen molar-refractivity contribution in [2.24, 2.45) is 0 Å². The number of methoxy groups -OCH3 is 1. The van der Waals surface area contributed by atoms with Gasteiger partial charge in [-0.05, 0) is 42.7 Å². The lowest BCUT2D eigenvalue weighted by Crippen LogP contribution is -2.37. The highest BCUT2D eigenvalue weighted by molar-refractivity contribution is 5.87. The molecule has 0 saturated carbocycles. The maximum atomic E-state index is 12.5. The Balaban J connectivity index is 1.99. The van der Waals surface area contributed by atoms with E-state index in [9.17, 15) is 9.59 Å². The number of carboxylic acids is 1. The molecule has 1 atom stereocenters. The second-order valence-electron chi connectivity index (χ2n) is 6.05. The fourth-order valence-corrected chi connectivity index (χ4v) is 2.64. The minimum atomic E-state index is -0.972. The van der Waals surface area contributed by atoms with Gasteiger partial charge in [0.05, 0.1) is 19.1 Å². The molecular weight excluding hydrogens is 318 g/mol. The maximum Gasteiger partial charge on any atom is 0.335 e. The van der Waals surface area contributed by atoms with E-state index in [1.54, 1.807) is 31.2 Å². The molecule has 0 aliphatic rings. The molecule has 2 aromatic carbocycles. The first-order chi connectivity index (χ1) is 11.9. The van der Waals surface area contributed by atoms with Gasteiger partial charge in [0.2, 0.25) is 5.91 Å². The van der Waals surface area contributed by atoms with Crippen molar-refractivity contribution in [3.63, 3.8) is 0 Å². The number of carbonyl (C=O) groups excluding carboxylic acids is 1. The number of likely N-dealkylation sites (N-methyl/N-ethyl adjacent to an activating group) is 1. The highest BCUT2D eigenvalue weighted by Gasteiger charge is 2.18. The van der Waals surface area contributed by atoms with Gasteiger partial charge in [-0.3, -0.25) is 4.79 Å². The van der Waals surface area contributed by atoms with Crippen LogP contribution in [0.2, 0.25) is 0 Å². The number of hydrogen-bond donors (Lipinski definition) is 1. The van der Waals surface area contributed by atoms with E-state index in [-0.39, 0.29) is 23.9 Å². The second-order valence-corrected chi connectivity index (χ2v) is 6.05. The SMILES string of the molecule is COc1ccccc1CC(C)N(C)C(=O)Cc1ccc(C(=O)O)cc1. The molecule has 5 heteroatoms. The zero-order valence-corrected chi connectivity index (χ0v) is 14.7. The van der Waals surface area contributed by atoms with Crippen LogP contribution in [0.4, 0.5) is 0 Å². The average Bonchev–Trinajstić information content (AvgIpc) is 2.61. The summed E-state index contributed by atoms with van der Waals surface area (Å²) in [5, 5.41) is 8.92. The quantitative estimate of drug-likeness (QED) is 0.841. The van der Waals surface area contributed by atoms with E-state index < -0.39 is 5.97 Å². The summed E-state index contributed by atoms with van der Waals surface area (Å²) in [5.41, 5.74) is 2.07. The molecule has 0 heterocycles. The highest BCUT2D eigenvalue weighted by atomic mass is 16.5. The van der Waals surface area contributed by atoms with Crippen LogP contribution in [-0.4, -0.2) is 42.1 Å². The molecular formula is C20H23NO4. The van der Waals surface area contributed by atoms with Crippen molar-refractivity contribution in [3.8, 4) is 5.75 Å². The van der Waals surface area contributed by atoms with E-state index in [1.165, 1.54) is 12.1 Å². The first-order valence-corrected chi connectivity index (χ1v) is 8.12. The third-order valence-corrected chi connectivity index (χ3v) is 4.32. The number of ether oxygens (including phenoxy) is 1. The average molecular weight is 341 g/mol. The molecule has 0 bridgehead atoms. The van der Waals surface area contributed by atoms with Gasteiger partial charge in [-0.25, -0.2) is 4.79 Å². The van der Waals surface area contributed by atoms with Crippen LogP contribution >= 0.6 is 0 Å². The number of para-hydroxylation sites is 1. The van der Waals surface area contributed by atoms with E-state index in [0.29, 0.717) is 6.42 Å². The topological polar surface area (TPSA) is 66.8 Å². The molecule has 0 fully saturated rings. The van der Waals surface area contributed by atoms with Crippen molar-refractivity contribution >= 4 is 11.9 Å². The molecule has 0 saturated heterocycles. The Morgan fingerprint density at radius 3 is 2.36 bits per heavy atom. The lowest BCUT2D eigenvalue weighted by Gasteiger charge is -2.26. The standard InChI is InChI=1S/C20H23NO4/c1-14(12-17-6-4-5-7-18(17)25-3)21(2)19(22)13-15-8-10-16(11-9-15)20(23)24/h4-11,14H,12-13H2,1-3H3,(H,23,24). The van der Waals surface area contributed by atoms with E-state index in [2.05, 4.69) is 0 Å². The van der Waals surface area contributed by atoms with Crippen LogP contribution in [0.25, 0.3) is 0 Å². The van der Waals surface area contributed by atoms with Crippen molar-refractivity contribution < 1.29 is 19.4 Å². The molecule has 0 aliphatic carbocycles. The molecule has 5 nitrogen and oxygen atoms in total.